The van der Waals surface area contributed by atoms with Gasteiger partial charge >= 0.3 is 18.9 Å². The zero-order valence-electron chi connectivity index (χ0n) is 8.00. The van der Waals surface area contributed by atoms with Gasteiger partial charge in [-0.05, 0) is 0 Å². The summed E-state index contributed by atoms with van der Waals surface area (Å²) in [5.41, 5.74) is 0. The molecule has 8 heteroatoms. The van der Waals surface area contributed by atoms with Crippen molar-refractivity contribution in [1.82, 2.24) is 0 Å². The second-order valence-corrected chi connectivity index (χ2v) is 5.07. The quantitative estimate of drug-likeness (QED) is 0.421. The van der Waals surface area contributed by atoms with E-state index in [0.717, 1.165) is 0 Å². The van der Waals surface area contributed by atoms with Gasteiger partial charge in [0.2, 0.25) is 0 Å². The summed E-state index contributed by atoms with van der Waals surface area (Å²) in [5, 5.41) is 3.47. The molecule has 0 saturated heterocycles. The van der Waals surface area contributed by atoms with Crippen LogP contribution in [0.1, 0.15) is 0 Å². The fourth-order valence-corrected chi connectivity index (χ4v) is 2.46. The number of fused-ring (bicyclic) bond motifs is 1. The maximum absolute atomic E-state index is 10.5. The van der Waals surface area contributed by atoms with Crippen molar-refractivity contribution in [2.75, 3.05) is 12.4 Å². The molecule has 1 aromatic heterocycles. The average Bonchev–Trinajstić information content (AvgIpc) is 2.47. The Balaban J connectivity index is 0.00000112. The molecule has 2 rings (SSSR count). The number of ether oxygens (including phenoxy) is 2. The Bertz CT molecular complexity index is 426. The average molecular weight is 242 g/mol. The predicted octanol–water partition coefficient (Wildman–Crippen LogP) is -2.56. The molecule has 1 aromatic rings. The van der Waals surface area contributed by atoms with Gasteiger partial charge in [0.15, 0.2) is 11.5 Å². The summed E-state index contributed by atoms with van der Waals surface area (Å²) in [6, 6.07) is 0. The van der Waals surface area contributed by atoms with E-state index in [0.29, 0.717) is 11.5 Å². The Morgan fingerprint density at radius 1 is 1.47 bits per heavy atom. The third-order valence-corrected chi connectivity index (χ3v) is 3.18. The first-order valence-corrected chi connectivity index (χ1v) is 6.36. The van der Waals surface area contributed by atoms with Gasteiger partial charge in [-0.3, -0.25) is 0 Å². The molecule has 2 heterocycles. The van der Waals surface area contributed by atoms with Crippen LogP contribution in [0, 0.1) is 0 Å². The molecule has 78 valence electrons. The first kappa shape index (κ1) is 12.9. The van der Waals surface area contributed by atoms with Crippen molar-refractivity contribution in [3.05, 3.63) is 10.8 Å². The van der Waals surface area contributed by atoms with E-state index in [1.165, 1.54) is 11.3 Å². The molecule has 0 radical (unpaired) electrons. The van der Waals surface area contributed by atoms with Crippen molar-refractivity contribution in [2.45, 2.75) is 6.10 Å². The SMILES string of the molecule is O=S(=O)([O-])CC1COc2cscc2O1.[Li+]. The summed E-state index contributed by atoms with van der Waals surface area (Å²) >= 11 is 1.40. The Hall–Kier alpha value is -0.193. The largest absolute Gasteiger partial charge is 1.00 e. The van der Waals surface area contributed by atoms with Crippen LogP contribution in [0.3, 0.4) is 0 Å². The van der Waals surface area contributed by atoms with Crippen molar-refractivity contribution >= 4 is 21.5 Å². The van der Waals surface area contributed by atoms with Gasteiger partial charge in [-0.1, -0.05) is 0 Å². The molecule has 1 unspecified atom stereocenters. The van der Waals surface area contributed by atoms with Gasteiger partial charge < -0.3 is 14.0 Å². The van der Waals surface area contributed by atoms with Gasteiger partial charge in [0.25, 0.3) is 0 Å². The minimum absolute atomic E-state index is 0. The third-order valence-electron chi connectivity index (χ3n) is 1.70. The molecule has 0 aliphatic carbocycles. The first-order valence-electron chi connectivity index (χ1n) is 3.84. The topological polar surface area (TPSA) is 75.7 Å². The monoisotopic (exact) mass is 242 g/mol. The van der Waals surface area contributed by atoms with Crippen molar-refractivity contribution in [2.24, 2.45) is 0 Å². The Morgan fingerprint density at radius 2 is 2.13 bits per heavy atom. The van der Waals surface area contributed by atoms with E-state index in [2.05, 4.69) is 0 Å². The number of rotatable bonds is 2. The van der Waals surface area contributed by atoms with Gasteiger partial charge in [-0.2, -0.15) is 0 Å². The van der Waals surface area contributed by atoms with Crippen LogP contribution >= 0.6 is 11.3 Å². The molecule has 1 atom stereocenters. The van der Waals surface area contributed by atoms with Gasteiger partial charge in [0.05, 0.1) is 15.9 Å². The van der Waals surface area contributed by atoms with Crippen LogP contribution in [0.2, 0.25) is 0 Å². The van der Waals surface area contributed by atoms with Crippen LogP contribution in [0.25, 0.3) is 0 Å². The molecule has 0 N–H and O–H groups in total. The fourth-order valence-electron chi connectivity index (χ4n) is 1.17. The van der Waals surface area contributed by atoms with Gasteiger partial charge in [-0.25, -0.2) is 8.42 Å². The summed E-state index contributed by atoms with van der Waals surface area (Å²) in [5.74, 6) is 0.562. The number of hydrogen-bond donors (Lipinski definition) is 0. The maximum atomic E-state index is 10.5. The van der Waals surface area contributed by atoms with E-state index < -0.39 is 22.0 Å². The molecule has 5 nitrogen and oxygen atoms in total. The van der Waals surface area contributed by atoms with Crippen LogP contribution in [-0.2, 0) is 10.1 Å². The van der Waals surface area contributed by atoms with Gasteiger partial charge in [-0.15, -0.1) is 11.3 Å². The van der Waals surface area contributed by atoms with E-state index in [1.807, 2.05) is 0 Å². The molecule has 0 aromatic carbocycles. The zero-order valence-corrected chi connectivity index (χ0v) is 9.64. The smallest absolute Gasteiger partial charge is 0.748 e. The van der Waals surface area contributed by atoms with E-state index in [9.17, 15) is 13.0 Å². The summed E-state index contributed by atoms with van der Waals surface area (Å²) in [4.78, 5) is 0. The molecule has 0 bridgehead atoms. The molecule has 0 fully saturated rings. The van der Waals surface area contributed by atoms with Crippen LogP contribution < -0.4 is 28.3 Å². The van der Waals surface area contributed by atoms with Gasteiger partial charge in [0, 0.05) is 10.8 Å². The summed E-state index contributed by atoms with van der Waals surface area (Å²) in [7, 11) is -4.26. The maximum Gasteiger partial charge on any atom is 1.00 e. The molecule has 1 aliphatic heterocycles. The van der Waals surface area contributed by atoms with Crippen molar-refractivity contribution in [3.8, 4) is 11.5 Å². The summed E-state index contributed by atoms with van der Waals surface area (Å²) < 4.78 is 41.8. The fraction of sp³-hybridized carbons (Fsp3) is 0.429. The van der Waals surface area contributed by atoms with Crippen molar-refractivity contribution < 1.29 is 41.3 Å². The van der Waals surface area contributed by atoms with Gasteiger partial charge in [0.1, 0.15) is 12.7 Å². The molecule has 1 aliphatic rings. The van der Waals surface area contributed by atoms with Crippen LogP contribution in [0.5, 0.6) is 11.5 Å². The third kappa shape index (κ3) is 3.40. The molecular formula is C7H7LiO5S2. The normalized spacial score (nSPS) is 19.4. The molecule has 15 heavy (non-hydrogen) atoms. The van der Waals surface area contributed by atoms with Crippen LogP contribution in [-0.4, -0.2) is 31.4 Å². The van der Waals surface area contributed by atoms with E-state index in [4.69, 9.17) is 9.47 Å². The minimum Gasteiger partial charge on any atom is -0.748 e. The molecule has 0 saturated carbocycles. The van der Waals surface area contributed by atoms with Crippen LogP contribution in [0.15, 0.2) is 10.8 Å². The molecular weight excluding hydrogens is 235 g/mol. The standard InChI is InChI=1S/C7H8O5S2.Li/c8-14(9,10)4-5-1-11-6-2-13-3-7(6)12-5;/h2-3,5H,1,4H2,(H,8,9,10);/q;+1/p-1. The van der Waals surface area contributed by atoms with E-state index in [-0.39, 0.29) is 25.5 Å². The number of thiophene rings is 1. The second-order valence-electron chi connectivity index (χ2n) is 2.88. The Labute approximate surface area is 103 Å². The predicted molar refractivity (Wildman–Crippen MR) is 48.8 cm³/mol. The van der Waals surface area contributed by atoms with E-state index in [1.54, 1.807) is 10.8 Å². The van der Waals surface area contributed by atoms with Crippen molar-refractivity contribution in [1.29, 1.82) is 0 Å². The number of hydrogen-bond acceptors (Lipinski definition) is 6. The van der Waals surface area contributed by atoms with Crippen LogP contribution in [0.4, 0.5) is 0 Å². The zero-order chi connectivity index (χ0) is 10.2. The first-order chi connectivity index (χ1) is 6.54. The van der Waals surface area contributed by atoms with Crippen molar-refractivity contribution in [3.63, 3.8) is 0 Å². The Morgan fingerprint density at radius 3 is 2.80 bits per heavy atom. The summed E-state index contributed by atoms with van der Waals surface area (Å²) in [6.07, 6.45) is -0.695. The summed E-state index contributed by atoms with van der Waals surface area (Å²) in [6.45, 7) is 0.102. The van der Waals surface area contributed by atoms with E-state index >= 15 is 0 Å². The molecule has 0 amide bonds. The second kappa shape index (κ2) is 4.76. The molecule has 0 spiro atoms. The Kier molecular flexibility index (Phi) is 4.09. The minimum atomic E-state index is -4.26.